The number of carbonyl (C=O) groups excluding carboxylic acids is 2. The first-order valence-electron chi connectivity index (χ1n) is 11.4. The predicted molar refractivity (Wildman–Crippen MR) is 128 cm³/mol. The molecule has 7 heteroatoms. The fraction of sp³-hybridized carbons (Fsp3) is 0.333. The third kappa shape index (κ3) is 4.56. The summed E-state index contributed by atoms with van der Waals surface area (Å²) in [7, 11) is 1.59. The molecule has 34 heavy (non-hydrogen) atoms. The smallest absolute Gasteiger partial charge is 0.295 e. The van der Waals surface area contributed by atoms with E-state index in [4.69, 9.17) is 14.2 Å². The molecule has 2 aromatic carbocycles. The zero-order valence-electron chi connectivity index (χ0n) is 19.5. The fourth-order valence-corrected chi connectivity index (χ4v) is 4.49. The number of rotatable bonds is 9. The molecule has 0 unspecified atom stereocenters. The Balaban J connectivity index is 1.79. The molecule has 2 atom stereocenters. The van der Waals surface area contributed by atoms with Crippen LogP contribution in [0.1, 0.15) is 36.1 Å². The lowest BCUT2D eigenvalue weighted by molar-refractivity contribution is -0.140. The van der Waals surface area contributed by atoms with Crippen molar-refractivity contribution in [3.8, 4) is 11.5 Å². The molecule has 4 rings (SSSR count). The second-order valence-electron chi connectivity index (χ2n) is 8.47. The highest BCUT2D eigenvalue weighted by atomic mass is 16.5. The van der Waals surface area contributed by atoms with Gasteiger partial charge in [0.1, 0.15) is 30.0 Å². The maximum absolute atomic E-state index is 13.2. The number of ketones is 1. The number of methoxy groups -OCH3 is 1. The van der Waals surface area contributed by atoms with Crippen LogP contribution in [0.2, 0.25) is 0 Å². The van der Waals surface area contributed by atoms with E-state index in [1.807, 2.05) is 19.1 Å². The molecule has 0 radical (unpaired) electrons. The summed E-state index contributed by atoms with van der Waals surface area (Å²) in [6.07, 6.45) is 2.97. The lowest BCUT2D eigenvalue weighted by Gasteiger charge is -2.25. The summed E-state index contributed by atoms with van der Waals surface area (Å²) < 4.78 is 16.6. The van der Waals surface area contributed by atoms with Crippen molar-refractivity contribution in [1.82, 2.24) is 4.90 Å². The quantitative estimate of drug-likeness (QED) is 0.199. The maximum atomic E-state index is 13.2. The number of Topliss-reactive ketones (excluding diaryl/α,β-unsaturated/α-hetero) is 1. The number of carbonyl (C=O) groups is 2. The Hall–Kier alpha value is -3.58. The molecule has 1 saturated heterocycles. The van der Waals surface area contributed by atoms with E-state index >= 15 is 0 Å². The lowest BCUT2D eigenvalue weighted by Crippen LogP contribution is -2.31. The molecule has 1 amide bonds. The van der Waals surface area contributed by atoms with Crippen molar-refractivity contribution in [2.45, 2.75) is 31.9 Å². The number of amides is 1. The number of benzene rings is 2. The van der Waals surface area contributed by atoms with Crippen molar-refractivity contribution in [2.24, 2.45) is 0 Å². The molecule has 2 aliphatic heterocycles. The van der Waals surface area contributed by atoms with Crippen LogP contribution in [0.15, 0.2) is 60.7 Å². The Bertz CT molecular complexity index is 1140. The Kier molecular flexibility index (Phi) is 7.03. The second kappa shape index (κ2) is 10.1. The van der Waals surface area contributed by atoms with E-state index in [0.717, 1.165) is 11.3 Å². The van der Waals surface area contributed by atoms with E-state index in [9.17, 15) is 14.7 Å². The minimum Gasteiger partial charge on any atom is -0.507 e. The number of nitrogens with zero attached hydrogens (tertiary/aromatic N) is 1. The molecule has 0 aliphatic carbocycles. The van der Waals surface area contributed by atoms with E-state index in [0.29, 0.717) is 49.5 Å². The highest BCUT2D eigenvalue weighted by molar-refractivity contribution is 6.46. The molecule has 0 spiro atoms. The van der Waals surface area contributed by atoms with Gasteiger partial charge in [0.15, 0.2) is 0 Å². The van der Waals surface area contributed by atoms with Crippen LogP contribution < -0.4 is 9.47 Å². The number of ether oxygens (including phenoxy) is 3. The van der Waals surface area contributed by atoms with Gasteiger partial charge >= 0.3 is 0 Å². The van der Waals surface area contributed by atoms with Crippen molar-refractivity contribution < 1.29 is 28.9 Å². The number of likely N-dealkylation sites (tertiary alicyclic amines) is 1. The van der Waals surface area contributed by atoms with E-state index in [1.54, 1.807) is 43.5 Å². The van der Waals surface area contributed by atoms with Crippen LogP contribution in [0.25, 0.3) is 5.76 Å². The van der Waals surface area contributed by atoms with Gasteiger partial charge in [-0.25, -0.2) is 0 Å². The van der Waals surface area contributed by atoms with Crippen LogP contribution in [0.5, 0.6) is 11.5 Å². The summed E-state index contributed by atoms with van der Waals surface area (Å²) in [6.45, 7) is 6.73. The molecule has 0 saturated carbocycles. The Labute approximate surface area is 199 Å². The van der Waals surface area contributed by atoms with Crippen LogP contribution in [0, 0.1) is 0 Å². The van der Waals surface area contributed by atoms with Crippen molar-refractivity contribution >= 4 is 17.4 Å². The van der Waals surface area contributed by atoms with Gasteiger partial charge in [0.05, 0.1) is 11.6 Å². The minimum absolute atomic E-state index is 0.0528. The van der Waals surface area contributed by atoms with E-state index in [-0.39, 0.29) is 17.4 Å². The number of aliphatic hydroxyl groups excluding tert-OH is 1. The molecule has 2 aliphatic rings. The Morgan fingerprint density at radius 2 is 2.09 bits per heavy atom. The van der Waals surface area contributed by atoms with Gasteiger partial charge in [-0.05, 0) is 54.8 Å². The van der Waals surface area contributed by atoms with Gasteiger partial charge in [-0.15, -0.1) is 0 Å². The lowest BCUT2D eigenvalue weighted by atomic mass is 9.94. The van der Waals surface area contributed by atoms with Crippen molar-refractivity contribution in [2.75, 3.05) is 26.9 Å². The third-order valence-electron chi connectivity index (χ3n) is 6.00. The van der Waals surface area contributed by atoms with E-state index in [2.05, 4.69) is 6.58 Å². The zero-order chi connectivity index (χ0) is 24.2. The summed E-state index contributed by atoms with van der Waals surface area (Å²) in [5.74, 6) is -0.186. The monoisotopic (exact) mass is 463 g/mol. The minimum atomic E-state index is -0.743. The first-order chi connectivity index (χ1) is 16.4. The number of fused-ring (bicyclic) bond motifs is 1. The molecule has 7 nitrogen and oxygen atoms in total. The standard InChI is InChI=1S/C27H29NO6/c1-4-12-33-21-8-5-7-18(16-21)24-23(26(30)27(31)28(24)11-6-13-32-3)25(29)19-9-10-22-20(15-19)14-17(2)34-22/h4-5,7-10,15-17,24,29H,1,6,11-14H2,2-3H3/b25-23+/t17-,24+/m1/s1. The molecule has 0 bridgehead atoms. The van der Waals surface area contributed by atoms with Crippen LogP contribution in [-0.2, 0) is 20.7 Å². The molecular weight excluding hydrogens is 434 g/mol. The SMILES string of the molecule is C=CCOc1cccc([C@H]2/C(=C(\O)c3ccc4c(c3)C[C@@H](C)O4)C(=O)C(=O)N2CCCOC)c1. The molecule has 1 fully saturated rings. The summed E-state index contributed by atoms with van der Waals surface area (Å²) in [5.41, 5.74) is 2.19. The van der Waals surface area contributed by atoms with Gasteiger partial charge in [-0.3, -0.25) is 9.59 Å². The summed E-state index contributed by atoms with van der Waals surface area (Å²) in [6, 6.07) is 11.8. The highest BCUT2D eigenvalue weighted by Gasteiger charge is 2.46. The number of hydrogen-bond acceptors (Lipinski definition) is 6. The van der Waals surface area contributed by atoms with Gasteiger partial charge in [0, 0.05) is 32.2 Å². The van der Waals surface area contributed by atoms with Gasteiger partial charge < -0.3 is 24.2 Å². The first kappa shape index (κ1) is 23.6. The molecule has 2 heterocycles. The molecule has 178 valence electrons. The zero-order valence-corrected chi connectivity index (χ0v) is 19.5. The summed E-state index contributed by atoms with van der Waals surface area (Å²) in [5, 5.41) is 11.3. The first-order valence-corrected chi connectivity index (χ1v) is 11.4. The third-order valence-corrected chi connectivity index (χ3v) is 6.00. The predicted octanol–water partition coefficient (Wildman–Crippen LogP) is 4.03. The number of hydrogen-bond donors (Lipinski definition) is 1. The number of aliphatic hydroxyl groups is 1. The van der Waals surface area contributed by atoms with Gasteiger partial charge in [-0.1, -0.05) is 24.8 Å². The van der Waals surface area contributed by atoms with Crippen LogP contribution in [0.3, 0.4) is 0 Å². The van der Waals surface area contributed by atoms with Crippen LogP contribution in [0.4, 0.5) is 0 Å². The molecule has 2 aromatic rings. The van der Waals surface area contributed by atoms with Crippen molar-refractivity contribution in [3.63, 3.8) is 0 Å². The highest BCUT2D eigenvalue weighted by Crippen LogP contribution is 2.41. The second-order valence-corrected chi connectivity index (χ2v) is 8.47. The van der Waals surface area contributed by atoms with Crippen molar-refractivity contribution in [1.29, 1.82) is 0 Å². The van der Waals surface area contributed by atoms with Gasteiger partial charge in [0.2, 0.25) is 0 Å². The van der Waals surface area contributed by atoms with Crippen molar-refractivity contribution in [3.05, 3.63) is 77.4 Å². The summed E-state index contributed by atoms with van der Waals surface area (Å²) in [4.78, 5) is 27.7. The fourth-order valence-electron chi connectivity index (χ4n) is 4.49. The largest absolute Gasteiger partial charge is 0.507 e. The van der Waals surface area contributed by atoms with Gasteiger partial charge in [0.25, 0.3) is 11.7 Å². The normalized spacial score (nSPS) is 20.8. The Morgan fingerprint density at radius 1 is 1.26 bits per heavy atom. The average molecular weight is 464 g/mol. The molecule has 1 N–H and O–H groups in total. The van der Waals surface area contributed by atoms with E-state index < -0.39 is 17.7 Å². The maximum Gasteiger partial charge on any atom is 0.295 e. The molecular formula is C27H29NO6. The Morgan fingerprint density at radius 3 is 2.85 bits per heavy atom. The average Bonchev–Trinajstić information content (AvgIpc) is 3.33. The van der Waals surface area contributed by atoms with Crippen LogP contribution >= 0.6 is 0 Å². The van der Waals surface area contributed by atoms with E-state index in [1.165, 1.54) is 4.90 Å². The van der Waals surface area contributed by atoms with Crippen LogP contribution in [-0.4, -0.2) is 54.7 Å². The topological polar surface area (TPSA) is 85.3 Å². The molecule has 0 aromatic heterocycles. The summed E-state index contributed by atoms with van der Waals surface area (Å²) >= 11 is 0. The van der Waals surface area contributed by atoms with Gasteiger partial charge in [-0.2, -0.15) is 0 Å².